The highest BCUT2D eigenvalue weighted by Crippen LogP contribution is 2.14. The first-order valence-electron chi connectivity index (χ1n) is 23.7. The second-order valence-electron chi connectivity index (χ2n) is 16.4. The number of carboxylic acids is 1. The molecular weight excluding hydrogens is 775 g/mol. The number of rotatable bonds is 40. The third-order valence-electron chi connectivity index (χ3n) is 9.79. The zero-order chi connectivity index (χ0) is 45.6. The van der Waals surface area contributed by atoms with Gasteiger partial charge >= 0.3 is 11.9 Å². The topological polar surface area (TPSA) is 102 Å². The van der Waals surface area contributed by atoms with E-state index in [-0.39, 0.29) is 49.1 Å². The van der Waals surface area contributed by atoms with Gasteiger partial charge in [-0.3, -0.25) is 9.59 Å². The second kappa shape index (κ2) is 43.4. The van der Waals surface area contributed by atoms with Gasteiger partial charge in [-0.05, 0) is 64.2 Å². The van der Waals surface area contributed by atoms with Crippen LogP contribution in [0.4, 0.5) is 0 Å². The number of carboxylic acid groups (broad SMARTS) is 1. The van der Waals surface area contributed by atoms with Crippen molar-refractivity contribution in [1.82, 2.24) is 0 Å². The Kier molecular flexibility index (Phi) is 40.4. The molecule has 0 radical (unpaired) electrons. The molecule has 0 spiro atoms. The van der Waals surface area contributed by atoms with Crippen LogP contribution >= 0.6 is 0 Å². The molecule has 0 amide bonds. The Morgan fingerprint density at radius 1 is 0.500 bits per heavy atom. The van der Waals surface area contributed by atoms with Crippen LogP contribution in [0.1, 0.15) is 149 Å². The van der Waals surface area contributed by atoms with Gasteiger partial charge < -0.3 is 28.6 Å². The SMILES string of the molecule is CC/C=C/C=C/C=C/C=C/C=C/C=C/C=C/CCCCCC(=O)OCC(COCCC(C(=O)[O-])[N+](C)(C)C)OC(=O)CCCCCCCCCCC/C=C/C/C=C/C/C=C/CC. The summed E-state index contributed by atoms with van der Waals surface area (Å²) in [5, 5.41) is 11.6. The lowest BCUT2D eigenvalue weighted by molar-refractivity contribution is -0.889. The Hall–Kier alpha value is -4.27. The molecule has 0 aromatic carbocycles. The third-order valence-corrected chi connectivity index (χ3v) is 9.79. The highest BCUT2D eigenvalue weighted by Gasteiger charge is 2.25. The number of nitrogens with zero attached hydrogens (tertiary/aromatic N) is 1. The summed E-state index contributed by atoms with van der Waals surface area (Å²) in [4.78, 5) is 37.0. The van der Waals surface area contributed by atoms with Crippen LogP contribution in [0.15, 0.2) is 122 Å². The van der Waals surface area contributed by atoms with Crippen molar-refractivity contribution >= 4 is 17.9 Å². The van der Waals surface area contributed by atoms with Crippen LogP contribution in [0.3, 0.4) is 0 Å². The number of carbonyl (C=O) groups is 3. The van der Waals surface area contributed by atoms with Crippen LogP contribution in [0, 0.1) is 0 Å². The van der Waals surface area contributed by atoms with Crippen molar-refractivity contribution in [3.8, 4) is 0 Å². The zero-order valence-corrected chi connectivity index (χ0v) is 39.5. The molecular formula is C54H85NO7. The number of carbonyl (C=O) groups excluding carboxylic acids is 3. The van der Waals surface area contributed by atoms with Crippen LogP contribution in [-0.2, 0) is 28.6 Å². The minimum Gasteiger partial charge on any atom is -0.544 e. The lowest BCUT2D eigenvalue weighted by Crippen LogP contribution is -2.55. The van der Waals surface area contributed by atoms with Crippen LogP contribution in [0.5, 0.6) is 0 Å². The predicted octanol–water partition coefficient (Wildman–Crippen LogP) is 12.1. The number of unbranched alkanes of at least 4 members (excludes halogenated alkanes) is 12. The van der Waals surface area contributed by atoms with Gasteiger partial charge in [-0.25, -0.2) is 0 Å². The predicted molar refractivity (Wildman–Crippen MR) is 258 cm³/mol. The number of esters is 2. The van der Waals surface area contributed by atoms with Crippen LogP contribution in [0.25, 0.3) is 0 Å². The van der Waals surface area contributed by atoms with Crippen molar-refractivity contribution in [3.63, 3.8) is 0 Å². The van der Waals surface area contributed by atoms with Gasteiger partial charge in [-0.15, -0.1) is 0 Å². The molecule has 0 aliphatic carbocycles. The second-order valence-corrected chi connectivity index (χ2v) is 16.4. The minimum absolute atomic E-state index is 0.0145. The Labute approximate surface area is 378 Å². The first kappa shape index (κ1) is 57.7. The van der Waals surface area contributed by atoms with Gasteiger partial charge in [0.25, 0.3) is 0 Å². The summed E-state index contributed by atoms with van der Waals surface area (Å²) in [5.74, 6) is -1.82. The molecule has 2 unspecified atom stereocenters. The van der Waals surface area contributed by atoms with Crippen molar-refractivity contribution in [1.29, 1.82) is 0 Å². The minimum atomic E-state index is -1.14. The number of likely N-dealkylation sites (N-methyl/N-ethyl adjacent to an activating group) is 1. The molecule has 348 valence electrons. The molecule has 8 heteroatoms. The van der Waals surface area contributed by atoms with E-state index in [1.165, 1.54) is 38.5 Å². The van der Waals surface area contributed by atoms with Gasteiger partial charge in [0.15, 0.2) is 6.10 Å². The van der Waals surface area contributed by atoms with Crippen molar-refractivity contribution < 1.29 is 38.2 Å². The highest BCUT2D eigenvalue weighted by atomic mass is 16.6. The molecule has 0 fully saturated rings. The molecule has 62 heavy (non-hydrogen) atoms. The van der Waals surface area contributed by atoms with Crippen molar-refractivity contribution in [2.24, 2.45) is 0 Å². The summed E-state index contributed by atoms with van der Waals surface area (Å²) >= 11 is 0. The Morgan fingerprint density at radius 3 is 1.47 bits per heavy atom. The number of aliphatic carboxylic acids is 1. The highest BCUT2D eigenvalue weighted by molar-refractivity contribution is 5.70. The quantitative estimate of drug-likeness (QED) is 0.0199. The number of quaternary nitrogens is 1. The summed E-state index contributed by atoms with van der Waals surface area (Å²) in [5.41, 5.74) is 0. The monoisotopic (exact) mass is 860 g/mol. The Morgan fingerprint density at radius 2 is 0.935 bits per heavy atom. The summed E-state index contributed by atoms with van der Waals surface area (Å²) in [7, 11) is 5.38. The Bertz CT molecular complexity index is 1420. The molecule has 0 heterocycles. The van der Waals surface area contributed by atoms with E-state index in [1.54, 1.807) is 21.1 Å². The largest absolute Gasteiger partial charge is 0.544 e. The molecule has 8 nitrogen and oxygen atoms in total. The van der Waals surface area contributed by atoms with E-state index in [2.05, 4.69) is 62.5 Å². The number of ether oxygens (including phenoxy) is 3. The van der Waals surface area contributed by atoms with Gasteiger partial charge in [0, 0.05) is 19.3 Å². The van der Waals surface area contributed by atoms with E-state index < -0.39 is 18.1 Å². The summed E-state index contributed by atoms with van der Waals surface area (Å²) in [6.07, 6.45) is 60.8. The molecule has 0 aromatic rings. The van der Waals surface area contributed by atoms with E-state index in [9.17, 15) is 19.5 Å². The molecule has 0 saturated heterocycles. The fourth-order valence-corrected chi connectivity index (χ4v) is 6.18. The van der Waals surface area contributed by atoms with E-state index in [1.807, 2.05) is 72.9 Å². The van der Waals surface area contributed by atoms with Crippen LogP contribution in [0.2, 0.25) is 0 Å². The van der Waals surface area contributed by atoms with Gasteiger partial charge in [0.05, 0.1) is 40.3 Å². The van der Waals surface area contributed by atoms with Gasteiger partial charge in [-0.2, -0.15) is 0 Å². The maximum atomic E-state index is 12.8. The van der Waals surface area contributed by atoms with E-state index >= 15 is 0 Å². The summed E-state index contributed by atoms with van der Waals surface area (Å²) < 4.78 is 17.2. The lowest BCUT2D eigenvalue weighted by atomic mass is 10.1. The van der Waals surface area contributed by atoms with Gasteiger partial charge in [-0.1, -0.05) is 187 Å². The van der Waals surface area contributed by atoms with E-state index in [0.29, 0.717) is 12.8 Å². The zero-order valence-electron chi connectivity index (χ0n) is 39.5. The first-order valence-corrected chi connectivity index (χ1v) is 23.7. The number of hydrogen-bond donors (Lipinski definition) is 0. The summed E-state index contributed by atoms with van der Waals surface area (Å²) in [6.45, 7) is 4.33. The maximum Gasteiger partial charge on any atom is 0.306 e. The number of allylic oxidation sites excluding steroid dienone is 20. The molecule has 0 aliphatic heterocycles. The van der Waals surface area contributed by atoms with Gasteiger partial charge in [0.1, 0.15) is 12.6 Å². The van der Waals surface area contributed by atoms with Gasteiger partial charge in [0.2, 0.25) is 0 Å². The average Bonchev–Trinajstić information content (AvgIpc) is 3.23. The standard InChI is InChI=1S/C54H85NO7/c1-6-8-10-12-14-16-18-20-22-24-26-28-30-32-34-36-38-40-42-44-52(56)61-49-50(48-60-47-46-51(54(58)59)55(3,4)5)62-53(57)45-43-41-39-37-35-33-31-29-27-25-23-21-19-17-15-13-11-9-7-2/h8-12,14-18,20-24,26,28,30,32,34,50-51H,6-7,13,19,25,27,29,31,33,35-49H2,1-5H3/b10-8+,11-9+,14-12+,17-15+,18-16+,22-20+,23-21+,26-24+,30-28+,34-32+. The summed E-state index contributed by atoms with van der Waals surface area (Å²) in [6, 6.07) is -0.743. The molecule has 0 aromatic heterocycles. The first-order chi connectivity index (χ1) is 30.1. The van der Waals surface area contributed by atoms with Crippen molar-refractivity contribution in [2.75, 3.05) is 41.0 Å². The lowest BCUT2D eigenvalue weighted by Gasteiger charge is -2.34. The molecule has 0 bridgehead atoms. The van der Waals surface area contributed by atoms with Crippen LogP contribution < -0.4 is 5.11 Å². The molecule has 0 N–H and O–H groups in total. The van der Waals surface area contributed by atoms with E-state index in [4.69, 9.17) is 14.2 Å². The van der Waals surface area contributed by atoms with Crippen LogP contribution in [-0.4, -0.2) is 75.5 Å². The Balaban J connectivity index is 4.44. The smallest absolute Gasteiger partial charge is 0.306 e. The molecule has 0 aliphatic rings. The normalized spacial score (nSPS) is 14.0. The van der Waals surface area contributed by atoms with Crippen molar-refractivity contribution in [2.45, 2.75) is 161 Å². The maximum absolute atomic E-state index is 12.8. The molecule has 2 atom stereocenters. The molecule has 0 saturated carbocycles. The fourth-order valence-electron chi connectivity index (χ4n) is 6.18. The van der Waals surface area contributed by atoms with Crippen molar-refractivity contribution in [3.05, 3.63) is 122 Å². The number of hydrogen-bond acceptors (Lipinski definition) is 7. The van der Waals surface area contributed by atoms with E-state index in [0.717, 1.165) is 70.6 Å². The fraction of sp³-hybridized carbons (Fsp3) is 0.574. The molecule has 0 rings (SSSR count). The third kappa shape index (κ3) is 41.1. The average molecular weight is 860 g/mol.